The van der Waals surface area contributed by atoms with Gasteiger partial charge in [0.1, 0.15) is 11.0 Å². The monoisotopic (exact) mass is 456 g/mol. The van der Waals surface area contributed by atoms with Gasteiger partial charge in [0, 0.05) is 31.8 Å². The van der Waals surface area contributed by atoms with Gasteiger partial charge in [0.05, 0.1) is 25.0 Å². The number of amides is 1. The molecule has 1 aliphatic heterocycles. The van der Waals surface area contributed by atoms with Crippen molar-refractivity contribution >= 4 is 29.3 Å². The molecule has 0 radical (unpaired) electrons. The lowest BCUT2D eigenvalue weighted by atomic mass is 9.71. The summed E-state index contributed by atoms with van der Waals surface area (Å²) in [5.41, 5.74) is 1.80. The topological polar surface area (TPSA) is 94.2 Å². The molecule has 1 aromatic carbocycles. The molecule has 1 N–H and O–H groups in total. The molecule has 8 heteroatoms. The van der Waals surface area contributed by atoms with Gasteiger partial charge in [-0.15, -0.1) is 0 Å². The van der Waals surface area contributed by atoms with E-state index in [9.17, 15) is 14.4 Å². The Morgan fingerprint density at radius 1 is 1.24 bits per heavy atom. The standard InChI is InChI=1S/C25H32N2O6/c1-7-32-21(28)17(14-26-5)13-16-11-12-25(22(29)31-6)15-27(23(30)33-24(2,3)4)19-10-8-9-18(16)20(19)25/h8-11,14,26H,7,12-13,15H2,1-6H3/b17-14+. The van der Waals surface area contributed by atoms with Gasteiger partial charge >= 0.3 is 18.0 Å². The third-order valence-electron chi connectivity index (χ3n) is 5.71. The summed E-state index contributed by atoms with van der Waals surface area (Å²) in [4.78, 5) is 40.1. The van der Waals surface area contributed by atoms with Crippen LogP contribution in [0.1, 0.15) is 51.7 Å². The minimum atomic E-state index is -1.03. The van der Waals surface area contributed by atoms with Crippen molar-refractivity contribution in [1.29, 1.82) is 0 Å². The Balaban J connectivity index is 2.08. The van der Waals surface area contributed by atoms with Gasteiger partial charge in [0.25, 0.3) is 0 Å². The van der Waals surface area contributed by atoms with E-state index in [1.54, 1.807) is 40.9 Å². The lowest BCUT2D eigenvalue weighted by Gasteiger charge is -2.32. The number of hydrogen-bond donors (Lipinski definition) is 1. The molecule has 0 bridgehead atoms. The predicted molar refractivity (Wildman–Crippen MR) is 125 cm³/mol. The molecule has 178 valence electrons. The van der Waals surface area contributed by atoms with Crippen molar-refractivity contribution in [3.63, 3.8) is 0 Å². The number of methoxy groups -OCH3 is 1. The van der Waals surface area contributed by atoms with E-state index in [1.165, 1.54) is 12.0 Å². The molecule has 0 spiro atoms. The molecule has 1 amide bonds. The first-order valence-corrected chi connectivity index (χ1v) is 11.0. The summed E-state index contributed by atoms with van der Waals surface area (Å²) < 4.78 is 16.0. The number of carbonyl (C=O) groups excluding carboxylic acids is 3. The van der Waals surface area contributed by atoms with E-state index in [-0.39, 0.29) is 13.2 Å². The predicted octanol–water partition coefficient (Wildman–Crippen LogP) is 3.70. The van der Waals surface area contributed by atoms with Crippen molar-refractivity contribution in [2.24, 2.45) is 0 Å². The molecule has 1 aromatic rings. The highest BCUT2D eigenvalue weighted by Gasteiger charge is 2.54. The molecule has 1 heterocycles. The highest BCUT2D eigenvalue weighted by atomic mass is 16.6. The maximum atomic E-state index is 13.1. The van der Waals surface area contributed by atoms with Gasteiger partial charge in [-0.2, -0.15) is 0 Å². The van der Waals surface area contributed by atoms with Gasteiger partial charge in [-0.05, 0) is 51.3 Å². The number of nitrogens with zero attached hydrogens (tertiary/aromatic N) is 1. The molecule has 2 aliphatic rings. The van der Waals surface area contributed by atoms with E-state index in [1.807, 2.05) is 24.3 Å². The molecule has 1 atom stereocenters. The first-order valence-electron chi connectivity index (χ1n) is 11.0. The van der Waals surface area contributed by atoms with E-state index in [4.69, 9.17) is 14.2 Å². The quantitative estimate of drug-likeness (QED) is 0.396. The SMILES string of the molecule is CCOC(=O)/C(=C/NC)CC1=CCC2(C(=O)OC)CN(C(=O)OC(C)(C)C)c3cccc1c32. The molecule has 3 rings (SSSR count). The second-order valence-electron chi connectivity index (χ2n) is 9.13. The number of allylic oxidation sites excluding steroid dienone is 2. The summed E-state index contributed by atoms with van der Waals surface area (Å²) in [5.74, 6) is -0.811. The van der Waals surface area contributed by atoms with Crippen LogP contribution in [0.3, 0.4) is 0 Å². The van der Waals surface area contributed by atoms with Crippen molar-refractivity contribution in [3.05, 3.63) is 47.2 Å². The Hall–Kier alpha value is -3.29. The van der Waals surface area contributed by atoms with Crippen LogP contribution in [-0.4, -0.2) is 50.9 Å². The summed E-state index contributed by atoms with van der Waals surface area (Å²) in [5, 5.41) is 2.90. The zero-order chi connectivity index (χ0) is 24.4. The number of anilines is 1. The fraction of sp³-hybridized carbons (Fsp3) is 0.480. The second kappa shape index (κ2) is 9.29. The van der Waals surface area contributed by atoms with E-state index in [0.29, 0.717) is 24.1 Å². The molecule has 0 saturated carbocycles. The highest BCUT2D eigenvalue weighted by Crippen LogP contribution is 2.51. The Morgan fingerprint density at radius 2 is 1.97 bits per heavy atom. The minimum Gasteiger partial charge on any atom is -0.468 e. The molecule has 0 saturated heterocycles. The lowest BCUT2D eigenvalue weighted by molar-refractivity contribution is -0.147. The summed E-state index contributed by atoms with van der Waals surface area (Å²) >= 11 is 0. The average Bonchev–Trinajstić information content (AvgIpc) is 3.11. The second-order valence-corrected chi connectivity index (χ2v) is 9.13. The van der Waals surface area contributed by atoms with Gasteiger partial charge in [-0.25, -0.2) is 9.59 Å². The fourth-order valence-electron chi connectivity index (χ4n) is 4.42. The van der Waals surface area contributed by atoms with Gasteiger partial charge in [-0.1, -0.05) is 18.2 Å². The minimum absolute atomic E-state index is 0.127. The summed E-state index contributed by atoms with van der Waals surface area (Å²) in [6.07, 6.45) is 3.72. The highest BCUT2D eigenvalue weighted by molar-refractivity contribution is 6.02. The van der Waals surface area contributed by atoms with Gasteiger partial charge in [-0.3, -0.25) is 9.69 Å². The number of esters is 2. The van der Waals surface area contributed by atoms with Crippen LogP contribution < -0.4 is 10.2 Å². The zero-order valence-electron chi connectivity index (χ0n) is 20.1. The number of ether oxygens (including phenoxy) is 3. The van der Waals surface area contributed by atoms with Crippen LogP contribution in [0.5, 0.6) is 0 Å². The number of nitrogens with one attached hydrogen (secondary N) is 1. The maximum absolute atomic E-state index is 13.1. The number of rotatable bonds is 6. The van der Waals surface area contributed by atoms with Crippen molar-refractivity contribution < 1.29 is 28.6 Å². The Kier molecular flexibility index (Phi) is 6.86. The Bertz CT molecular complexity index is 1020. The Labute approximate surface area is 194 Å². The summed E-state index contributed by atoms with van der Waals surface area (Å²) in [6.45, 7) is 7.56. The maximum Gasteiger partial charge on any atom is 0.414 e. The van der Waals surface area contributed by atoms with Crippen molar-refractivity contribution in [2.45, 2.75) is 51.6 Å². The molecular formula is C25H32N2O6. The molecule has 1 unspecified atom stereocenters. The molecular weight excluding hydrogens is 424 g/mol. The fourth-order valence-corrected chi connectivity index (χ4v) is 4.42. The molecule has 0 fully saturated rings. The van der Waals surface area contributed by atoms with E-state index < -0.39 is 29.0 Å². The van der Waals surface area contributed by atoms with Crippen molar-refractivity contribution in [1.82, 2.24) is 5.32 Å². The van der Waals surface area contributed by atoms with Crippen molar-refractivity contribution in [2.75, 3.05) is 32.2 Å². The number of benzene rings is 1. The molecule has 0 aromatic heterocycles. The first-order chi connectivity index (χ1) is 15.6. The van der Waals surface area contributed by atoms with Crippen molar-refractivity contribution in [3.8, 4) is 0 Å². The normalized spacial score (nSPS) is 19.4. The van der Waals surface area contributed by atoms with Crippen LogP contribution in [-0.2, 0) is 29.2 Å². The van der Waals surface area contributed by atoms with Crippen LogP contribution in [0.25, 0.3) is 5.57 Å². The van der Waals surface area contributed by atoms with E-state index in [2.05, 4.69) is 5.32 Å². The number of carbonyl (C=O) groups is 3. The average molecular weight is 457 g/mol. The number of hydrogen-bond acceptors (Lipinski definition) is 7. The van der Waals surface area contributed by atoms with E-state index in [0.717, 1.165) is 16.7 Å². The molecule has 8 nitrogen and oxygen atoms in total. The Morgan fingerprint density at radius 3 is 2.58 bits per heavy atom. The van der Waals surface area contributed by atoms with Crippen LogP contribution in [0, 0.1) is 0 Å². The molecule has 33 heavy (non-hydrogen) atoms. The van der Waals surface area contributed by atoms with Gasteiger partial charge < -0.3 is 19.5 Å². The summed E-state index contributed by atoms with van der Waals surface area (Å²) in [6, 6.07) is 5.55. The van der Waals surface area contributed by atoms with E-state index >= 15 is 0 Å². The van der Waals surface area contributed by atoms with Gasteiger partial charge in [0.15, 0.2) is 0 Å². The van der Waals surface area contributed by atoms with Crippen LogP contribution in [0.2, 0.25) is 0 Å². The summed E-state index contributed by atoms with van der Waals surface area (Å²) in [7, 11) is 3.07. The van der Waals surface area contributed by atoms with Crippen LogP contribution in [0.4, 0.5) is 10.5 Å². The van der Waals surface area contributed by atoms with Crippen LogP contribution >= 0.6 is 0 Å². The van der Waals surface area contributed by atoms with Crippen LogP contribution in [0.15, 0.2) is 36.0 Å². The first kappa shape index (κ1) is 24.4. The molecule has 1 aliphatic carbocycles. The lowest BCUT2D eigenvalue weighted by Crippen LogP contribution is -2.45. The largest absolute Gasteiger partial charge is 0.468 e. The third kappa shape index (κ3) is 4.60. The third-order valence-corrected chi connectivity index (χ3v) is 5.71. The van der Waals surface area contributed by atoms with Gasteiger partial charge in [0.2, 0.25) is 0 Å². The zero-order valence-corrected chi connectivity index (χ0v) is 20.1. The smallest absolute Gasteiger partial charge is 0.414 e.